The van der Waals surface area contributed by atoms with Crippen molar-refractivity contribution in [2.24, 2.45) is 0 Å². The molecular weight excluding hydrogens is 288 g/mol. The molecule has 4 N–H and O–H groups in total. The monoisotopic (exact) mass is 310 g/mol. The van der Waals surface area contributed by atoms with Crippen LogP contribution in [0.25, 0.3) is 10.9 Å². The second-order valence-corrected chi connectivity index (χ2v) is 5.87. The second-order valence-electron chi connectivity index (χ2n) is 5.87. The fourth-order valence-corrected chi connectivity index (χ4v) is 2.70. The van der Waals surface area contributed by atoms with Gasteiger partial charge in [-0.1, -0.05) is 17.7 Å². The predicted octanol–water partition coefficient (Wildman–Crippen LogP) is 4.37. The van der Waals surface area contributed by atoms with Gasteiger partial charge in [0, 0.05) is 17.4 Å². The molecule has 3 aromatic rings. The van der Waals surface area contributed by atoms with Gasteiger partial charge in [-0.3, -0.25) is 0 Å². The number of aryl methyl sites for hydroxylation is 4. The molecule has 0 radical (unpaired) electrons. The van der Waals surface area contributed by atoms with Crippen LogP contribution >= 0.6 is 0 Å². The van der Waals surface area contributed by atoms with Crippen LogP contribution < -0.4 is 5.73 Å². The Labute approximate surface area is 136 Å². The number of benzene rings is 2. The van der Waals surface area contributed by atoms with E-state index in [4.69, 9.17) is 10.8 Å². The third-order valence-electron chi connectivity index (χ3n) is 3.76. The normalized spacial score (nSPS) is 10.3. The number of carbonyl (C=O) groups is 1. The Morgan fingerprint density at radius 1 is 1.00 bits per heavy atom. The zero-order chi connectivity index (χ0) is 17.1. The minimum absolute atomic E-state index is 0.188. The number of carboxylic acid groups (broad SMARTS) is 1. The highest BCUT2D eigenvalue weighted by Gasteiger charge is 2.09. The Kier molecular flexibility index (Phi) is 4.74. The van der Waals surface area contributed by atoms with E-state index in [-0.39, 0.29) is 5.56 Å². The Morgan fingerprint density at radius 3 is 2.26 bits per heavy atom. The highest BCUT2D eigenvalue weighted by Crippen LogP contribution is 2.19. The summed E-state index contributed by atoms with van der Waals surface area (Å²) >= 11 is 0. The van der Waals surface area contributed by atoms with Crippen molar-refractivity contribution >= 4 is 22.6 Å². The molecule has 0 aliphatic rings. The zero-order valence-electron chi connectivity index (χ0n) is 13.9. The van der Waals surface area contributed by atoms with Crippen LogP contribution in [0.4, 0.5) is 5.69 Å². The Bertz CT molecular complexity index is 863. The summed E-state index contributed by atoms with van der Waals surface area (Å²) in [6.45, 7) is 7.90. The minimum atomic E-state index is -0.973. The topological polar surface area (TPSA) is 79.1 Å². The average Bonchev–Trinajstić information content (AvgIpc) is 2.91. The van der Waals surface area contributed by atoms with Crippen LogP contribution in [-0.2, 0) is 0 Å². The van der Waals surface area contributed by atoms with Crippen LogP contribution in [0.1, 0.15) is 32.6 Å². The first-order valence-electron chi connectivity index (χ1n) is 7.44. The molecule has 0 bridgehead atoms. The maximum Gasteiger partial charge on any atom is 0.337 e. The molecule has 23 heavy (non-hydrogen) atoms. The molecule has 2 aromatic carbocycles. The maximum atomic E-state index is 10.6. The number of carboxylic acids is 1. The van der Waals surface area contributed by atoms with E-state index in [0.717, 1.165) is 11.1 Å². The van der Waals surface area contributed by atoms with Crippen LogP contribution in [-0.4, -0.2) is 16.1 Å². The molecule has 120 valence electrons. The van der Waals surface area contributed by atoms with E-state index in [2.05, 4.69) is 37.0 Å². The number of nitrogen functional groups attached to an aromatic ring is 1. The Balaban J connectivity index is 0.000000167. The Morgan fingerprint density at radius 2 is 1.61 bits per heavy atom. The summed E-state index contributed by atoms with van der Waals surface area (Å²) in [6, 6.07) is 9.93. The van der Waals surface area contributed by atoms with Crippen molar-refractivity contribution in [1.82, 2.24) is 4.98 Å². The zero-order valence-corrected chi connectivity index (χ0v) is 13.9. The van der Waals surface area contributed by atoms with E-state index in [1.165, 1.54) is 22.0 Å². The number of fused-ring (bicyclic) bond motifs is 1. The molecule has 1 heterocycles. The fourth-order valence-electron chi connectivity index (χ4n) is 2.70. The highest BCUT2D eigenvalue weighted by molar-refractivity contribution is 5.94. The molecule has 0 saturated carbocycles. The standard InChI is InChI=1S/C10H11N.C9H11NO2/c1-7-5-8(2)10-9(6-7)3-4-11-10;1-5-3-6(2)8(10)7(4-5)9(11)12/h3-6,11H,1-2H3;3-4H,10H2,1-2H3,(H,11,12). The van der Waals surface area contributed by atoms with Gasteiger partial charge in [-0.15, -0.1) is 0 Å². The maximum absolute atomic E-state index is 10.6. The molecule has 0 saturated heterocycles. The number of hydrogen-bond donors (Lipinski definition) is 3. The lowest BCUT2D eigenvalue weighted by Crippen LogP contribution is -2.04. The SMILES string of the molecule is Cc1cc(C)c(N)c(C(=O)O)c1.Cc1cc(C)c2[nH]ccc2c1. The van der Waals surface area contributed by atoms with E-state index in [9.17, 15) is 4.79 Å². The van der Waals surface area contributed by atoms with Crippen molar-refractivity contribution in [1.29, 1.82) is 0 Å². The summed E-state index contributed by atoms with van der Waals surface area (Å²) in [5.41, 5.74) is 11.8. The fraction of sp³-hybridized carbons (Fsp3) is 0.211. The van der Waals surface area contributed by atoms with Gasteiger partial charge in [0.25, 0.3) is 0 Å². The van der Waals surface area contributed by atoms with Gasteiger partial charge in [0.05, 0.1) is 5.56 Å². The van der Waals surface area contributed by atoms with E-state index < -0.39 is 5.97 Å². The summed E-state index contributed by atoms with van der Waals surface area (Å²) in [6.07, 6.45) is 1.98. The molecule has 4 heteroatoms. The molecule has 4 nitrogen and oxygen atoms in total. The van der Waals surface area contributed by atoms with Gasteiger partial charge in [0.2, 0.25) is 0 Å². The quantitative estimate of drug-likeness (QED) is 0.584. The molecule has 0 spiro atoms. The number of aromatic nitrogens is 1. The summed E-state index contributed by atoms with van der Waals surface area (Å²) in [7, 11) is 0. The van der Waals surface area contributed by atoms with Gasteiger partial charge in [-0.2, -0.15) is 0 Å². The molecule has 0 fully saturated rings. The molecule has 0 aliphatic heterocycles. The molecule has 3 rings (SSSR count). The first-order chi connectivity index (χ1) is 10.8. The predicted molar refractivity (Wildman–Crippen MR) is 95.1 cm³/mol. The van der Waals surface area contributed by atoms with Crippen LogP contribution in [0.5, 0.6) is 0 Å². The van der Waals surface area contributed by atoms with Gasteiger partial charge in [-0.05, 0) is 68.0 Å². The lowest BCUT2D eigenvalue weighted by Gasteiger charge is -2.05. The number of aromatic amines is 1. The van der Waals surface area contributed by atoms with E-state index in [0.29, 0.717) is 5.69 Å². The van der Waals surface area contributed by atoms with E-state index in [1.807, 2.05) is 19.2 Å². The van der Waals surface area contributed by atoms with Gasteiger partial charge in [0.1, 0.15) is 0 Å². The van der Waals surface area contributed by atoms with Crippen LogP contribution in [0, 0.1) is 27.7 Å². The third kappa shape index (κ3) is 3.72. The van der Waals surface area contributed by atoms with Crippen LogP contribution in [0.2, 0.25) is 0 Å². The van der Waals surface area contributed by atoms with Crippen molar-refractivity contribution in [2.75, 3.05) is 5.73 Å². The van der Waals surface area contributed by atoms with Crippen LogP contribution in [0.3, 0.4) is 0 Å². The molecule has 0 amide bonds. The average molecular weight is 310 g/mol. The number of nitrogens with two attached hydrogens (primary N) is 1. The van der Waals surface area contributed by atoms with E-state index >= 15 is 0 Å². The molecule has 0 atom stereocenters. The van der Waals surface area contributed by atoms with Crippen molar-refractivity contribution < 1.29 is 9.90 Å². The summed E-state index contributed by atoms with van der Waals surface area (Å²) in [5, 5.41) is 10.0. The smallest absolute Gasteiger partial charge is 0.337 e. The lowest BCUT2D eigenvalue weighted by atomic mass is 10.0. The number of aromatic carboxylic acids is 1. The first kappa shape index (κ1) is 16.6. The summed E-state index contributed by atoms with van der Waals surface area (Å²) < 4.78 is 0. The number of H-pyrrole nitrogens is 1. The van der Waals surface area contributed by atoms with Gasteiger partial charge >= 0.3 is 5.97 Å². The van der Waals surface area contributed by atoms with Crippen molar-refractivity contribution in [3.8, 4) is 0 Å². The van der Waals surface area contributed by atoms with Crippen molar-refractivity contribution in [3.05, 3.63) is 64.3 Å². The van der Waals surface area contributed by atoms with E-state index in [1.54, 1.807) is 13.0 Å². The van der Waals surface area contributed by atoms with Gasteiger partial charge in [-0.25, -0.2) is 4.79 Å². The number of anilines is 1. The minimum Gasteiger partial charge on any atom is -0.478 e. The van der Waals surface area contributed by atoms with Gasteiger partial charge < -0.3 is 15.8 Å². The van der Waals surface area contributed by atoms with Crippen molar-refractivity contribution in [3.63, 3.8) is 0 Å². The highest BCUT2D eigenvalue weighted by atomic mass is 16.4. The molecule has 0 unspecified atom stereocenters. The van der Waals surface area contributed by atoms with Gasteiger partial charge in [0.15, 0.2) is 0 Å². The molecular formula is C19H22N2O2. The largest absolute Gasteiger partial charge is 0.478 e. The molecule has 1 aromatic heterocycles. The molecule has 0 aliphatic carbocycles. The second kappa shape index (κ2) is 6.57. The number of rotatable bonds is 1. The lowest BCUT2D eigenvalue weighted by molar-refractivity contribution is 0.0698. The van der Waals surface area contributed by atoms with Crippen LogP contribution in [0.15, 0.2) is 36.5 Å². The summed E-state index contributed by atoms with van der Waals surface area (Å²) in [4.78, 5) is 13.9. The number of nitrogens with one attached hydrogen (secondary N) is 1. The van der Waals surface area contributed by atoms with Crippen molar-refractivity contribution in [2.45, 2.75) is 27.7 Å². The Hall–Kier alpha value is -2.75. The number of hydrogen-bond acceptors (Lipinski definition) is 2. The third-order valence-corrected chi connectivity index (χ3v) is 3.76. The summed E-state index contributed by atoms with van der Waals surface area (Å²) in [5.74, 6) is -0.973. The first-order valence-corrected chi connectivity index (χ1v) is 7.44.